The van der Waals surface area contributed by atoms with E-state index in [4.69, 9.17) is 4.74 Å². The lowest BCUT2D eigenvalue weighted by molar-refractivity contribution is 0.0525. The molecule has 0 aliphatic carbocycles. The minimum absolute atomic E-state index is 0.258. The van der Waals surface area contributed by atoms with Gasteiger partial charge < -0.3 is 15.0 Å². The van der Waals surface area contributed by atoms with Crippen LogP contribution in [0.5, 0.6) is 0 Å². The van der Waals surface area contributed by atoms with Gasteiger partial charge in [-0.2, -0.15) is 0 Å². The monoisotopic (exact) mass is 250 g/mol. The van der Waals surface area contributed by atoms with E-state index in [1.165, 1.54) is 0 Å². The van der Waals surface area contributed by atoms with Gasteiger partial charge in [0.05, 0.1) is 12.2 Å². The Labute approximate surface area is 106 Å². The van der Waals surface area contributed by atoms with E-state index in [2.05, 4.69) is 16.9 Å². The fourth-order valence-corrected chi connectivity index (χ4v) is 1.74. The summed E-state index contributed by atoms with van der Waals surface area (Å²) in [6.07, 6.45) is 1.59. The van der Waals surface area contributed by atoms with Crippen LogP contribution in [0.3, 0.4) is 0 Å². The Bertz CT molecular complexity index is 475. The SMILES string of the molecule is C=CCNC(=O)c1[nH]c(C)c(C(=O)OCC)c1C. The van der Waals surface area contributed by atoms with Gasteiger partial charge in [-0.25, -0.2) is 4.79 Å². The molecule has 0 radical (unpaired) electrons. The lowest BCUT2D eigenvalue weighted by Gasteiger charge is -2.03. The van der Waals surface area contributed by atoms with Crippen molar-refractivity contribution >= 4 is 11.9 Å². The van der Waals surface area contributed by atoms with Crippen molar-refractivity contribution in [3.05, 3.63) is 35.2 Å². The molecule has 98 valence electrons. The maximum absolute atomic E-state index is 11.8. The van der Waals surface area contributed by atoms with Crippen molar-refractivity contribution in [2.24, 2.45) is 0 Å². The second-order valence-corrected chi connectivity index (χ2v) is 3.84. The van der Waals surface area contributed by atoms with E-state index in [0.29, 0.717) is 35.7 Å². The van der Waals surface area contributed by atoms with Crippen LogP contribution in [0, 0.1) is 13.8 Å². The Kier molecular flexibility index (Phi) is 4.71. The fourth-order valence-electron chi connectivity index (χ4n) is 1.74. The van der Waals surface area contributed by atoms with Crippen LogP contribution >= 0.6 is 0 Å². The molecule has 2 N–H and O–H groups in total. The highest BCUT2D eigenvalue weighted by Gasteiger charge is 2.22. The highest BCUT2D eigenvalue weighted by Crippen LogP contribution is 2.18. The number of hydrogen-bond donors (Lipinski definition) is 2. The first-order chi connectivity index (χ1) is 8.52. The molecule has 0 spiro atoms. The van der Waals surface area contributed by atoms with Crippen LogP contribution in [-0.2, 0) is 4.74 Å². The maximum Gasteiger partial charge on any atom is 0.340 e. The third-order valence-corrected chi connectivity index (χ3v) is 2.55. The molecule has 1 rings (SSSR count). The molecule has 18 heavy (non-hydrogen) atoms. The average Bonchev–Trinajstić information content (AvgIpc) is 2.62. The van der Waals surface area contributed by atoms with Crippen molar-refractivity contribution in [2.75, 3.05) is 13.2 Å². The van der Waals surface area contributed by atoms with E-state index in [0.717, 1.165) is 0 Å². The minimum Gasteiger partial charge on any atom is -0.462 e. The first-order valence-corrected chi connectivity index (χ1v) is 5.78. The van der Waals surface area contributed by atoms with Gasteiger partial charge in [0.1, 0.15) is 5.69 Å². The molecule has 0 atom stereocenters. The Hall–Kier alpha value is -2.04. The number of esters is 1. The number of aryl methyl sites for hydroxylation is 1. The number of nitrogens with one attached hydrogen (secondary N) is 2. The molecule has 0 aromatic carbocycles. The number of aromatic nitrogens is 1. The van der Waals surface area contributed by atoms with Gasteiger partial charge in [-0.15, -0.1) is 6.58 Å². The molecule has 0 saturated carbocycles. The van der Waals surface area contributed by atoms with E-state index in [1.54, 1.807) is 26.8 Å². The smallest absolute Gasteiger partial charge is 0.340 e. The zero-order valence-corrected chi connectivity index (χ0v) is 10.9. The molecule has 0 aliphatic rings. The molecule has 1 aromatic rings. The molecule has 1 aromatic heterocycles. The third kappa shape index (κ3) is 2.80. The zero-order chi connectivity index (χ0) is 13.7. The Balaban J connectivity index is 3.03. The van der Waals surface area contributed by atoms with Gasteiger partial charge in [-0.05, 0) is 26.3 Å². The molecule has 1 heterocycles. The number of rotatable bonds is 5. The van der Waals surface area contributed by atoms with Gasteiger partial charge >= 0.3 is 5.97 Å². The van der Waals surface area contributed by atoms with Gasteiger partial charge in [-0.1, -0.05) is 6.08 Å². The van der Waals surface area contributed by atoms with E-state index in [-0.39, 0.29) is 5.91 Å². The Morgan fingerprint density at radius 2 is 2.11 bits per heavy atom. The van der Waals surface area contributed by atoms with Gasteiger partial charge in [0.2, 0.25) is 0 Å². The predicted octanol–water partition coefficient (Wildman–Crippen LogP) is 1.72. The summed E-state index contributed by atoms with van der Waals surface area (Å²) in [7, 11) is 0. The molecule has 0 bridgehead atoms. The van der Waals surface area contributed by atoms with Crippen LogP contribution in [-0.4, -0.2) is 30.0 Å². The maximum atomic E-state index is 11.8. The van der Waals surface area contributed by atoms with E-state index in [9.17, 15) is 9.59 Å². The first-order valence-electron chi connectivity index (χ1n) is 5.78. The summed E-state index contributed by atoms with van der Waals surface area (Å²) in [5.74, 6) is -0.669. The zero-order valence-electron chi connectivity index (χ0n) is 10.9. The molecular weight excluding hydrogens is 232 g/mol. The summed E-state index contributed by atoms with van der Waals surface area (Å²) in [6, 6.07) is 0. The molecule has 0 fully saturated rings. The number of ether oxygens (including phenoxy) is 1. The lowest BCUT2D eigenvalue weighted by atomic mass is 10.1. The number of H-pyrrole nitrogens is 1. The quantitative estimate of drug-likeness (QED) is 0.617. The fraction of sp³-hybridized carbons (Fsp3) is 0.385. The van der Waals surface area contributed by atoms with Crippen molar-refractivity contribution in [1.29, 1.82) is 0 Å². The topological polar surface area (TPSA) is 71.2 Å². The molecule has 5 heteroatoms. The van der Waals surface area contributed by atoms with Crippen molar-refractivity contribution in [3.8, 4) is 0 Å². The van der Waals surface area contributed by atoms with Crippen molar-refractivity contribution in [3.63, 3.8) is 0 Å². The number of hydrogen-bond acceptors (Lipinski definition) is 3. The predicted molar refractivity (Wildman–Crippen MR) is 68.8 cm³/mol. The minimum atomic E-state index is -0.411. The second kappa shape index (κ2) is 6.05. The molecule has 0 aliphatic heterocycles. The summed E-state index contributed by atoms with van der Waals surface area (Å²) >= 11 is 0. The summed E-state index contributed by atoms with van der Waals surface area (Å²) in [4.78, 5) is 26.5. The average molecular weight is 250 g/mol. The summed E-state index contributed by atoms with van der Waals surface area (Å²) in [6.45, 7) is 9.41. The Morgan fingerprint density at radius 1 is 1.44 bits per heavy atom. The lowest BCUT2D eigenvalue weighted by Crippen LogP contribution is -2.24. The van der Waals surface area contributed by atoms with Crippen molar-refractivity contribution in [2.45, 2.75) is 20.8 Å². The summed E-state index contributed by atoms with van der Waals surface area (Å²) in [5.41, 5.74) is 2.06. The number of amides is 1. The standard InChI is InChI=1S/C13H18N2O3/c1-5-7-14-12(16)11-8(3)10(9(4)15-11)13(17)18-6-2/h5,15H,1,6-7H2,2-4H3,(H,14,16). The van der Waals surface area contributed by atoms with Crippen LogP contribution in [0.1, 0.15) is 39.0 Å². The van der Waals surface area contributed by atoms with Crippen LogP contribution in [0.15, 0.2) is 12.7 Å². The van der Waals surface area contributed by atoms with Gasteiger partial charge in [-0.3, -0.25) is 4.79 Å². The highest BCUT2D eigenvalue weighted by atomic mass is 16.5. The van der Waals surface area contributed by atoms with Crippen LogP contribution in [0.2, 0.25) is 0 Å². The molecular formula is C13H18N2O3. The largest absolute Gasteiger partial charge is 0.462 e. The van der Waals surface area contributed by atoms with Crippen LogP contribution in [0.25, 0.3) is 0 Å². The number of aromatic amines is 1. The second-order valence-electron chi connectivity index (χ2n) is 3.84. The highest BCUT2D eigenvalue weighted by molar-refractivity contribution is 6.00. The normalized spacial score (nSPS) is 9.94. The van der Waals surface area contributed by atoms with Gasteiger partial charge in [0.25, 0.3) is 5.91 Å². The van der Waals surface area contributed by atoms with E-state index in [1.807, 2.05) is 0 Å². The van der Waals surface area contributed by atoms with E-state index >= 15 is 0 Å². The third-order valence-electron chi connectivity index (χ3n) is 2.55. The first kappa shape index (κ1) is 14.0. The molecule has 0 saturated heterocycles. The van der Waals surface area contributed by atoms with Crippen molar-refractivity contribution < 1.29 is 14.3 Å². The van der Waals surface area contributed by atoms with Crippen molar-refractivity contribution in [1.82, 2.24) is 10.3 Å². The van der Waals surface area contributed by atoms with Crippen LogP contribution in [0.4, 0.5) is 0 Å². The Morgan fingerprint density at radius 3 is 2.67 bits per heavy atom. The summed E-state index contributed by atoms with van der Waals surface area (Å²) in [5, 5.41) is 2.66. The van der Waals surface area contributed by atoms with Gasteiger partial charge in [0.15, 0.2) is 0 Å². The molecule has 5 nitrogen and oxygen atoms in total. The number of carbonyl (C=O) groups is 2. The van der Waals surface area contributed by atoms with Crippen LogP contribution < -0.4 is 5.32 Å². The van der Waals surface area contributed by atoms with Gasteiger partial charge in [0, 0.05) is 12.2 Å². The molecule has 1 amide bonds. The molecule has 0 unspecified atom stereocenters. The summed E-state index contributed by atoms with van der Waals surface area (Å²) < 4.78 is 4.96. The number of carbonyl (C=O) groups excluding carboxylic acids is 2. The van der Waals surface area contributed by atoms with E-state index < -0.39 is 5.97 Å².